The number of carbonyl (C=O) groups excluding carboxylic acids is 1. The molecule has 0 bridgehead atoms. The third-order valence-corrected chi connectivity index (χ3v) is 1.23. The summed E-state index contributed by atoms with van der Waals surface area (Å²) in [5, 5.41) is 2.53. The number of hydrogen-bond acceptors (Lipinski definition) is 2. The van der Waals surface area contributed by atoms with Crippen molar-refractivity contribution in [2.24, 2.45) is 4.99 Å². The van der Waals surface area contributed by atoms with Crippen LogP contribution in [0.4, 0.5) is 0 Å². The van der Waals surface area contributed by atoms with Gasteiger partial charge < -0.3 is 5.32 Å². The largest absolute Gasteiger partial charge is 0.355 e. The van der Waals surface area contributed by atoms with E-state index in [2.05, 4.69) is 10.3 Å². The SMILES string of the molecule is C/C=C/C=C(\C=NC)C(=O)NC.CC. The summed E-state index contributed by atoms with van der Waals surface area (Å²) in [6, 6.07) is 0. The van der Waals surface area contributed by atoms with E-state index in [4.69, 9.17) is 0 Å². The maximum atomic E-state index is 11.1. The second kappa shape index (κ2) is 11.6. The Labute approximate surface area is 86.6 Å². The van der Waals surface area contributed by atoms with Gasteiger partial charge >= 0.3 is 0 Å². The van der Waals surface area contributed by atoms with Gasteiger partial charge in [-0.2, -0.15) is 0 Å². The Morgan fingerprint density at radius 1 is 1.36 bits per heavy atom. The molecule has 0 saturated carbocycles. The Hall–Kier alpha value is -1.38. The molecular formula is C11H20N2O. The molecule has 0 atom stereocenters. The first-order valence-electron chi connectivity index (χ1n) is 4.73. The van der Waals surface area contributed by atoms with Crippen LogP contribution in [0.1, 0.15) is 20.8 Å². The van der Waals surface area contributed by atoms with E-state index in [1.165, 1.54) is 6.21 Å². The highest BCUT2D eigenvalue weighted by molar-refractivity contribution is 6.12. The van der Waals surface area contributed by atoms with Crippen LogP contribution in [0.3, 0.4) is 0 Å². The lowest BCUT2D eigenvalue weighted by Crippen LogP contribution is -2.20. The zero-order chi connectivity index (χ0) is 11.4. The van der Waals surface area contributed by atoms with Crippen LogP contribution < -0.4 is 5.32 Å². The molecule has 0 aliphatic carbocycles. The molecule has 3 nitrogen and oxygen atoms in total. The van der Waals surface area contributed by atoms with Crippen LogP contribution in [0.15, 0.2) is 28.8 Å². The Balaban J connectivity index is 0. The molecule has 0 aliphatic heterocycles. The molecule has 0 aromatic rings. The van der Waals surface area contributed by atoms with Crippen molar-refractivity contribution in [1.29, 1.82) is 0 Å². The monoisotopic (exact) mass is 196 g/mol. The Kier molecular flexibility index (Phi) is 12.5. The third kappa shape index (κ3) is 7.28. The van der Waals surface area contributed by atoms with Crippen molar-refractivity contribution >= 4 is 12.1 Å². The predicted molar refractivity (Wildman–Crippen MR) is 62.7 cm³/mol. The lowest BCUT2D eigenvalue weighted by atomic mass is 10.2. The Morgan fingerprint density at radius 3 is 2.29 bits per heavy atom. The molecule has 0 unspecified atom stereocenters. The summed E-state index contributed by atoms with van der Waals surface area (Å²) in [5.74, 6) is -0.126. The van der Waals surface area contributed by atoms with E-state index in [9.17, 15) is 4.79 Å². The average Bonchev–Trinajstić information content (AvgIpc) is 2.26. The number of aliphatic imine (C=N–C) groups is 1. The molecule has 1 N–H and O–H groups in total. The maximum absolute atomic E-state index is 11.1. The van der Waals surface area contributed by atoms with Gasteiger partial charge in [0.15, 0.2) is 0 Å². The molecule has 0 saturated heterocycles. The fourth-order valence-electron chi connectivity index (χ4n) is 0.661. The number of rotatable bonds is 3. The van der Waals surface area contributed by atoms with E-state index < -0.39 is 0 Å². The zero-order valence-electron chi connectivity index (χ0n) is 9.66. The molecule has 0 rings (SSSR count). The van der Waals surface area contributed by atoms with Crippen molar-refractivity contribution in [3.8, 4) is 0 Å². The van der Waals surface area contributed by atoms with Crippen LogP contribution >= 0.6 is 0 Å². The van der Waals surface area contributed by atoms with Gasteiger partial charge in [0, 0.05) is 20.3 Å². The van der Waals surface area contributed by atoms with E-state index in [1.807, 2.05) is 26.8 Å². The average molecular weight is 196 g/mol. The molecule has 1 amide bonds. The second-order valence-corrected chi connectivity index (χ2v) is 2.11. The molecule has 0 fully saturated rings. The summed E-state index contributed by atoms with van der Waals surface area (Å²) < 4.78 is 0. The van der Waals surface area contributed by atoms with E-state index >= 15 is 0 Å². The van der Waals surface area contributed by atoms with Gasteiger partial charge in [-0.15, -0.1) is 0 Å². The number of hydrogen-bond donors (Lipinski definition) is 1. The van der Waals surface area contributed by atoms with Gasteiger partial charge in [-0.25, -0.2) is 0 Å². The summed E-state index contributed by atoms with van der Waals surface area (Å²) in [4.78, 5) is 14.9. The quantitative estimate of drug-likeness (QED) is 0.418. The minimum atomic E-state index is -0.126. The normalized spacial score (nSPS) is 11.4. The van der Waals surface area contributed by atoms with Crippen molar-refractivity contribution < 1.29 is 4.79 Å². The van der Waals surface area contributed by atoms with Gasteiger partial charge in [0.25, 0.3) is 5.91 Å². The van der Waals surface area contributed by atoms with Gasteiger partial charge in [-0.3, -0.25) is 9.79 Å². The molecule has 0 aliphatic rings. The topological polar surface area (TPSA) is 41.5 Å². The molecular weight excluding hydrogens is 176 g/mol. The molecule has 80 valence electrons. The molecule has 14 heavy (non-hydrogen) atoms. The van der Waals surface area contributed by atoms with Gasteiger partial charge in [0.1, 0.15) is 0 Å². The molecule has 0 aromatic carbocycles. The van der Waals surface area contributed by atoms with Gasteiger partial charge in [-0.05, 0) is 13.0 Å². The van der Waals surface area contributed by atoms with Crippen LogP contribution in [-0.4, -0.2) is 26.2 Å². The van der Waals surface area contributed by atoms with Crippen molar-refractivity contribution in [2.45, 2.75) is 20.8 Å². The van der Waals surface area contributed by atoms with E-state index in [-0.39, 0.29) is 5.91 Å². The predicted octanol–water partition coefficient (Wildman–Crippen LogP) is 1.96. The van der Waals surface area contributed by atoms with Crippen LogP contribution in [0.25, 0.3) is 0 Å². The molecule has 0 aromatic heterocycles. The van der Waals surface area contributed by atoms with Crippen molar-refractivity contribution in [2.75, 3.05) is 14.1 Å². The summed E-state index contributed by atoms with van der Waals surface area (Å²) in [5.41, 5.74) is 0.554. The van der Waals surface area contributed by atoms with E-state index in [0.29, 0.717) is 5.57 Å². The summed E-state index contributed by atoms with van der Waals surface area (Å²) in [6.45, 7) is 5.89. The molecule has 0 radical (unpaired) electrons. The number of allylic oxidation sites excluding steroid dienone is 3. The molecule has 0 heterocycles. The first-order chi connectivity index (χ1) is 6.76. The molecule has 3 heteroatoms. The third-order valence-electron chi connectivity index (χ3n) is 1.23. The highest BCUT2D eigenvalue weighted by atomic mass is 16.1. The minimum absolute atomic E-state index is 0.126. The minimum Gasteiger partial charge on any atom is -0.355 e. The number of likely N-dealkylation sites (N-methyl/N-ethyl adjacent to an activating group) is 1. The lowest BCUT2D eigenvalue weighted by molar-refractivity contribution is -0.116. The van der Waals surface area contributed by atoms with Crippen LogP contribution in [-0.2, 0) is 4.79 Å². The van der Waals surface area contributed by atoms with E-state index in [1.54, 1.807) is 26.2 Å². The van der Waals surface area contributed by atoms with Gasteiger partial charge in [0.05, 0.1) is 5.57 Å². The standard InChI is InChI=1S/C9H14N2O.C2H6/c1-4-5-6-8(7-10-2)9(12)11-3;1-2/h4-7H,1-3H3,(H,11,12);1-2H3/b5-4+,8-6+,10-7?;. The smallest absolute Gasteiger partial charge is 0.252 e. The Morgan fingerprint density at radius 2 is 1.93 bits per heavy atom. The fourth-order valence-corrected chi connectivity index (χ4v) is 0.661. The van der Waals surface area contributed by atoms with Crippen LogP contribution in [0.5, 0.6) is 0 Å². The maximum Gasteiger partial charge on any atom is 0.252 e. The summed E-state index contributed by atoms with van der Waals surface area (Å²) in [7, 11) is 3.22. The van der Waals surface area contributed by atoms with Crippen molar-refractivity contribution in [3.05, 3.63) is 23.8 Å². The highest BCUT2D eigenvalue weighted by Crippen LogP contribution is 1.91. The number of nitrogens with one attached hydrogen (secondary N) is 1. The number of amides is 1. The van der Waals surface area contributed by atoms with Gasteiger partial charge in [0.2, 0.25) is 0 Å². The van der Waals surface area contributed by atoms with Crippen molar-refractivity contribution in [1.82, 2.24) is 5.32 Å². The van der Waals surface area contributed by atoms with Crippen molar-refractivity contribution in [3.63, 3.8) is 0 Å². The van der Waals surface area contributed by atoms with E-state index in [0.717, 1.165) is 0 Å². The van der Waals surface area contributed by atoms with Crippen LogP contribution in [0, 0.1) is 0 Å². The summed E-state index contributed by atoms with van der Waals surface area (Å²) in [6.07, 6.45) is 6.89. The first kappa shape index (κ1) is 15.1. The Bertz CT molecular complexity index is 227. The molecule has 0 spiro atoms. The lowest BCUT2D eigenvalue weighted by Gasteiger charge is -1.96. The zero-order valence-corrected chi connectivity index (χ0v) is 9.66. The van der Waals surface area contributed by atoms with Gasteiger partial charge in [-0.1, -0.05) is 26.0 Å². The number of nitrogens with zero attached hydrogens (tertiary/aromatic N) is 1. The fraction of sp³-hybridized carbons (Fsp3) is 0.455. The van der Waals surface area contributed by atoms with Crippen LogP contribution in [0.2, 0.25) is 0 Å². The summed E-state index contributed by atoms with van der Waals surface area (Å²) >= 11 is 0. The highest BCUT2D eigenvalue weighted by Gasteiger charge is 2.00. The second-order valence-electron chi connectivity index (χ2n) is 2.11. The first-order valence-corrected chi connectivity index (χ1v) is 4.73. The number of carbonyl (C=O) groups is 1.